The summed E-state index contributed by atoms with van der Waals surface area (Å²) in [7, 11) is 0. The second-order valence-corrected chi connectivity index (χ2v) is 10.1. The molecule has 3 heterocycles. The highest BCUT2D eigenvalue weighted by Gasteiger charge is 2.19. The zero-order valence-electron chi connectivity index (χ0n) is 18.5. The SMILES string of the molecule is Cc1sc2nc(CSc3nc4ccccc4c(=O)n3C(C)c3ccccc3)[nH]c(=O)c2c1C. The van der Waals surface area contributed by atoms with Crippen LogP contribution in [0.3, 0.4) is 0 Å². The minimum atomic E-state index is -0.199. The van der Waals surface area contributed by atoms with Gasteiger partial charge in [0.05, 0.1) is 28.1 Å². The lowest BCUT2D eigenvalue weighted by atomic mass is 10.1. The molecule has 8 heteroatoms. The lowest BCUT2D eigenvalue weighted by Gasteiger charge is -2.20. The van der Waals surface area contributed by atoms with E-state index in [0.29, 0.717) is 33.0 Å². The molecule has 1 atom stereocenters. The number of fused-ring (bicyclic) bond motifs is 2. The van der Waals surface area contributed by atoms with Crippen molar-refractivity contribution in [1.29, 1.82) is 0 Å². The van der Waals surface area contributed by atoms with E-state index in [1.54, 1.807) is 4.57 Å². The van der Waals surface area contributed by atoms with E-state index in [9.17, 15) is 9.59 Å². The van der Waals surface area contributed by atoms with Crippen LogP contribution in [0.25, 0.3) is 21.1 Å². The molecule has 166 valence electrons. The third-order valence-electron chi connectivity index (χ3n) is 5.87. The minimum Gasteiger partial charge on any atom is -0.309 e. The van der Waals surface area contributed by atoms with Crippen LogP contribution < -0.4 is 11.1 Å². The fourth-order valence-corrected chi connectivity index (χ4v) is 5.94. The fraction of sp³-hybridized carbons (Fsp3) is 0.200. The minimum absolute atomic E-state index is 0.0825. The van der Waals surface area contributed by atoms with Gasteiger partial charge in [0, 0.05) is 4.88 Å². The Hall–Kier alpha value is -3.23. The highest BCUT2D eigenvalue weighted by atomic mass is 32.2. The topological polar surface area (TPSA) is 80.6 Å². The largest absolute Gasteiger partial charge is 0.309 e. The molecule has 0 amide bonds. The van der Waals surface area contributed by atoms with Crippen LogP contribution in [0.4, 0.5) is 0 Å². The number of nitrogens with one attached hydrogen (secondary N) is 1. The molecule has 0 radical (unpaired) electrons. The first-order chi connectivity index (χ1) is 15.9. The number of nitrogens with zero attached hydrogens (tertiary/aromatic N) is 3. The van der Waals surface area contributed by atoms with Crippen molar-refractivity contribution in [1.82, 2.24) is 19.5 Å². The van der Waals surface area contributed by atoms with Crippen LogP contribution in [0.15, 0.2) is 69.3 Å². The summed E-state index contributed by atoms with van der Waals surface area (Å²) >= 11 is 2.93. The molecule has 5 aromatic rings. The summed E-state index contributed by atoms with van der Waals surface area (Å²) in [4.78, 5) is 40.4. The van der Waals surface area contributed by atoms with Crippen LogP contribution in [-0.4, -0.2) is 19.5 Å². The summed E-state index contributed by atoms with van der Waals surface area (Å²) in [5.74, 6) is 0.966. The second kappa shape index (κ2) is 8.61. The highest BCUT2D eigenvalue weighted by molar-refractivity contribution is 7.98. The van der Waals surface area contributed by atoms with Gasteiger partial charge in [-0.2, -0.15) is 0 Å². The predicted octanol–water partition coefficient (Wildman–Crippen LogP) is 5.21. The fourth-order valence-electron chi connectivity index (χ4n) is 3.95. The van der Waals surface area contributed by atoms with Crippen LogP contribution >= 0.6 is 23.1 Å². The third kappa shape index (κ3) is 3.89. The van der Waals surface area contributed by atoms with E-state index < -0.39 is 0 Å². The zero-order chi connectivity index (χ0) is 23.1. The number of rotatable bonds is 5. The van der Waals surface area contributed by atoms with Crippen molar-refractivity contribution in [2.24, 2.45) is 0 Å². The number of aromatic nitrogens is 4. The lowest BCUT2D eigenvalue weighted by Crippen LogP contribution is -2.27. The van der Waals surface area contributed by atoms with Crippen molar-refractivity contribution >= 4 is 44.2 Å². The monoisotopic (exact) mass is 474 g/mol. The van der Waals surface area contributed by atoms with E-state index in [1.807, 2.05) is 75.4 Å². The molecule has 0 aliphatic heterocycles. The third-order valence-corrected chi connectivity index (χ3v) is 7.94. The molecule has 3 aromatic heterocycles. The van der Waals surface area contributed by atoms with Gasteiger partial charge < -0.3 is 4.98 Å². The quantitative estimate of drug-likeness (QED) is 0.279. The molecule has 0 spiro atoms. The molecule has 6 nitrogen and oxygen atoms in total. The summed E-state index contributed by atoms with van der Waals surface area (Å²) in [6, 6.07) is 17.1. The van der Waals surface area contributed by atoms with Gasteiger partial charge in [-0.3, -0.25) is 14.2 Å². The van der Waals surface area contributed by atoms with Gasteiger partial charge in [0.25, 0.3) is 11.1 Å². The normalized spacial score (nSPS) is 12.5. The van der Waals surface area contributed by atoms with Gasteiger partial charge in [0.2, 0.25) is 0 Å². The number of hydrogen-bond donors (Lipinski definition) is 1. The van der Waals surface area contributed by atoms with Crippen LogP contribution in [-0.2, 0) is 5.75 Å². The standard InChI is InChI=1S/C25H22N4O2S2/c1-14-16(3)33-23-21(14)22(30)27-20(28-23)13-32-25-26-19-12-8-7-11-18(19)24(31)29(25)15(2)17-9-5-4-6-10-17/h4-12,15H,13H2,1-3H3,(H,27,28,30). The number of H-pyrrole nitrogens is 1. The van der Waals surface area contributed by atoms with E-state index in [4.69, 9.17) is 4.98 Å². The first-order valence-corrected chi connectivity index (χ1v) is 12.4. The Morgan fingerprint density at radius 1 is 1.03 bits per heavy atom. The lowest BCUT2D eigenvalue weighted by molar-refractivity contribution is 0.548. The summed E-state index contributed by atoms with van der Waals surface area (Å²) in [6.45, 7) is 5.95. The summed E-state index contributed by atoms with van der Waals surface area (Å²) in [6.07, 6.45) is 0. The Kier molecular flexibility index (Phi) is 5.64. The Morgan fingerprint density at radius 2 is 1.76 bits per heavy atom. The van der Waals surface area contributed by atoms with Gasteiger partial charge in [0.15, 0.2) is 5.16 Å². The van der Waals surface area contributed by atoms with E-state index in [1.165, 1.54) is 23.1 Å². The van der Waals surface area contributed by atoms with Gasteiger partial charge in [-0.1, -0.05) is 54.2 Å². The number of aryl methyl sites for hydroxylation is 2. The Morgan fingerprint density at radius 3 is 2.55 bits per heavy atom. The summed E-state index contributed by atoms with van der Waals surface area (Å²) < 4.78 is 1.73. The van der Waals surface area contributed by atoms with Gasteiger partial charge >= 0.3 is 0 Å². The maximum Gasteiger partial charge on any atom is 0.262 e. The van der Waals surface area contributed by atoms with E-state index in [0.717, 1.165) is 20.8 Å². The molecule has 5 rings (SSSR count). The van der Waals surface area contributed by atoms with E-state index >= 15 is 0 Å². The average molecular weight is 475 g/mol. The average Bonchev–Trinajstić information content (AvgIpc) is 3.11. The number of para-hydroxylation sites is 1. The number of benzene rings is 2. The highest BCUT2D eigenvalue weighted by Crippen LogP contribution is 2.29. The van der Waals surface area contributed by atoms with Crippen molar-refractivity contribution in [2.75, 3.05) is 0 Å². The molecular formula is C25H22N4O2S2. The first-order valence-electron chi connectivity index (χ1n) is 10.6. The summed E-state index contributed by atoms with van der Waals surface area (Å²) in [5, 5.41) is 1.84. The van der Waals surface area contributed by atoms with Crippen molar-refractivity contribution in [3.05, 3.63) is 97.1 Å². The Bertz CT molecular complexity index is 1600. The number of hydrogen-bond acceptors (Lipinski definition) is 6. The van der Waals surface area contributed by atoms with Crippen LogP contribution in [0.2, 0.25) is 0 Å². The van der Waals surface area contributed by atoms with Crippen LogP contribution in [0, 0.1) is 13.8 Å². The van der Waals surface area contributed by atoms with Gasteiger partial charge in [-0.25, -0.2) is 9.97 Å². The van der Waals surface area contributed by atoms with Crippen LogP contribution in [0.1, 0.15) is 34.8 Å². The van der Waals surface area contributed by atoms with E-state index in [2.05, 4.69) is 9.97 Å². The molecule has 0 bridgehead atoms. The van der Waals surface area contributed by atoms with Gasteiger partial charge in [-0.15, -0.1) is 11.3 Å². The Labute approximate surface area is 198 Å². The molecule has 2 aromatic carbocycles. The number of thiophene rings is 1. The van der Waals surface area contributed by atoms with Gasteiger partial charge in [0.1, 0.15) is 10.7 Å². The first kappa shape index (κ1) is 21.6. The van der Waals surface area contributed by atoms with Crippen molar-refractivity contribution in [3.8, 4) is 0 Å². The van der Waals surface area contributed by atoms with Crippen molar-refractivity contribution in [3.63, 3.8) is 0 Å². The smallest absolute Gasteiger partial charge is 0.262 e. The number of thioether (sulfide) groups is 1. The van der Waals surface area contributed by atoms with E-state index in [-0.39, 0.29) is 17.2 Å². The van der Waals surface area contributed by atoms with Crippen molar-refractivity contribution in [2.45, 2.75) is 37.7 Å². The molecule has 1 unspecified atom stereocenters. The zero-order valence-corrected chi connectivity index (χ0v) is 20.1. The Balaban J connectivity index is 1.58. The maximum absolute atomic E-state index is 13.5. The predicted molar refractivity (Wildman–Crippen MR) is 136 cm³/mol. The van der Waals surface area contributed by atoms with Gasteiger partial charge in [-0.05, 0) is 44.0 Å². The molecule has 0 saturated carbocycles. The molecular weight excluding hydrogens is 452 g/mol. The summed E-state index contributed by atoms with van der Waals surface area (Å²) in [5.41, 5.74) is 2.45. The molecule has 0 aliphatic rings. The van der Waals surface area contributed by atoms with Crippen LogP contribution in [0.5, 0.6) is 0 Å². The maximum atomic E-state index is 13.5. The molecule has 0 aliphatic carbocycles. The number of aromatic amines is 1. The molecule has 0 fully saturated rings. The molecule has 1 N–H and O–H groups in total. The molecule has 0 saturated heterocycles. The second-order valence-electron chi connectivity index (χ2n) is 7.94. The van der Waals surface area contributed by atoms with Crippen molar-refractivity contribution < 1.29 is 0 Å². The molecule has 33 heavy (non-hydrogen) atoms.